The molecule has 0 spiro atoms. The van der Waals surface area contributed by atoms with Gasteiger partial charge in [0.2, 0.25) is 0 Å². The summed E-state index contributed by atoms with van der Waals surface area (Å²) in [6.45, 7) is 3.51. The van der Waals surface area contributed by atoms with Gasteiger partial charge in [-0.1, -0.05) is 37.3 Å². The van der Waals surface area contributed by atoms with Crippen LogP contribution in [0.15, 0.2) is 30.3 Å². The van der Waals surface area contributed by atoms with Gasteiger partial charge in [-0.3, -0.25) is 0 Å². The normalized spacial score (nSPS) is 15.3. The first kappa shape index (κ1) is 26.8. The maximum Gasteiger partial charge on any atom is 0.426 e. The first-order valence-electron chi connectivity index (χ1n) is 9.17. The fourth-order valence-corrected chi connectivity index (χ4v) is 6.34. The van der Waals surface area contributed by atoms with E-state index in [0.717, 1.165) is 0 Å². The molecule has 1 unspecified atom stereocenters. The van der Waals surface area contributed by atoms with E-state index in [-0.39, 0.29) is 18.4 Å². The lowest BCUT2D eigenvalue weighted by Gasteiger charge is -2.41. The van der Waals surface area contributed by atoms with E-state index in [4.69, 9.17) is 8.85 Å². The number of alkyl halides is 8. The van der Waals surface area contributed by atoms with Gasteiger partial charge in [-0.05, 0) is 25.5 Å². The van der Waals surface area contributed by atoms with Crippen LogP contribution in [0.5, 0.6) is 0 Å². The Morgan fingerprint density at radius 3 is 1.63 bits per heavy atom. The van der Waals surface area contributed by atoms with Gasteiger partial charge in [-0.25, -0.2) is 0 Å². The molecule has 1 aromatic rings. The summed E-state index contributed by atoms with van der Waals surface area (Å²) in [7, 11) is -4.06. The molecule has 0 saturated heterocycles. The van der Waals surface area contributed by atoms with Crippen LogP contribution in [0.4, 0.5) is 35.1 Å². The lowest BCUT2D eigenvalue weighted by molar-refractivity contribution is -0.429. The molecule has 30 heavy (non-hydrogen) atoms. The van der Waals surface area contributed by atoms with Gasteiger partial charge in [0.1, 0.15) is 5.73 Å². The molecule has 1 atom stereocenters. The summed E-state index contributed by atoms with van der Waals surface area (Å²) in [5.74, 6) is -18.3. The van der Waals surface area contributed by atoms with E-state index in [9.17, 15) is 35.1 Å². The van der Waals surface area contributed by atoms with Gasteiger partial charge in [0, 0.05) is 20.1 Å². The summed E-state index contributed by atoms with van der Waals surface area (Å²) >= 11 is 0. The molecule has 0 aliphatic rings. The predicted octanol–water partition coefficient (Wildman–Crippen LogP) is 5.26. The average Bonchev–Trinajstić information content (AvgIpc) is 2.65. The van der Waals surface area contributed by atoms with E-state index in [1.807, 2.05) is 0 Å². The predicted molar refractivity (Wildman–Crippen MR) is 95.7 cm³/mol. The molecule has 12 heteroatoms. The van der Waals surface area contributed by atoms with Gasteiger partial charge in [0.05, 0.1) is 0 Å². The van der Waals surface area contributed by atoms with Gasteiger partial charge >= 0.3 is 32.4 Å². The van der Waals surface area contributed by atoms with Crippen molar-refractivity contribution < 1.29 is 48.7 Å². The highest BCUT2D eigenvalue weighted by atomic mass is 28.4. The summed E-state index contributed by atoms with van der Waals surface area (Å²) in [4.78, 5) is 0. The van der Waals surface area contributed by atoms with Crippen LogP contribution in [0.2, 0.25) is 0 Å². The van der Waals surface area contributed by atoms with Crippen LogP contribution in [0.3, 0.4) is 0 Å². The van der Waals surface area contributed by atoms with Crippen molar-refractivity contribution in [1.82, 2.24) is 0 Å². The van der Waals surface area contributed by atoms with Crippen molar-refractivity contribution in [3.8, 4) is 0 Å². The van der Waals surface area contributed by atoms with Crippen LogP contribution in [-0.4, -0.2) is 51.4 Å². The van der Waals surface area contributed by atoms with Crippen molar-refractivity contribution in [1.29, 1.82) is 0 Å². The third kappa shape index (κ3) is 4.81. The monoisotopic (exact) mass is 468 g/mol. The summed E-state index contributed by atoms with van der Waals surface area (Å²) < 4.78 is 125. The minimum absolute atomic E-state index is 0.0911. The van der Waals surface area contributed by atoms with Crippen LogP contribution in [0.25, 0.3) is 0 Å². The molecule has 0 amide bonds. The van der Waals surface area contributed by atoms with Crippen LogP contribution < -0.4 is 5.19 Å². The van der Waals surface area contributed by atoms with Crippen molar-refractivity contribution in [3.63, 3.8) is 0 Å². The zero-order valence-electron chi connectivity index (χ0n) is 16.8. The van der Waals surface area contributed by atoms with Crippen molar-refractivity contribution >= 4 is 13.7 Å². The van der Waals surface area contributed by atoms with Gasteiger partial charge in [-0.2, -0.15) is 35.1 Å². The molecule has 0 bridgehead atoms. The first-order chi connectivity index (χ1) is 13.6. The minimum atomic E-state index is -6.51. The highest BCUT2D eigenvalue weighted by molar-refractivity contribution is 6.82. The van der Waals surface area contributed by atoms with Crippen molar-refractivity contribution in [2.24, 2.45) is 0 Å². The third-order valence-electron chi connectivity index (χ3n) is 4.29. The number of rotatable bonds is 12. The largest absolute Gasteiger partial charge is 0.426 e. The summed E-state index contributed by atoms with van der Waals surface area (Å²) in [6.07, 6.45) is -6.35. The second kappa shape index (κ2) is 9.49. The number of hydrogen-bond acceptors (Lipinski definition) is 3. The molecule has 1 rings (SSSR count). The SMILES string of the molecule is CCO[Si](OCC)(c1ccccc1)C(CC)OC(F)(F)C(F)(F)C(F)(F)C(C)(F)F. The van der Waals surface area contributed by atoms with Gasteiger partial charge < -0.3 is 13.6 Å². The van der Waals surface area contributed by atoms with Gasteiger partial charge in [-0.15, -0.1) is 0 Å². The highest BCUT2D eigenvalue weighted by Crippen LogP contribution is 2.53. The maximum absolute atomic E-state index is 14.3. The molecule has 174 valence electrons. The Bertz CT molecular complexity index is 661. The lowest BCUT2D eigenvalue weighted by atomic mass is 10.1. The number of ether oxygens (including phenoxy) is 1. The Kier molecular flexibility index (Phi) is 8.48. The summed E-state index contributed by atoms with van der Waals surface area (Å²) in [5.41, 5.74) is -1.91. The zero-order valence-corrected chi connectivity index (χ0v) is 17.8. The second-order valence-corrected chi connectivity index (χ2v) is 9.60. The molecule has 0 heterocycles. The molecule has 0 aliphatic carbocycles. The van der Waals surface area contributed by atoms with Crippen LogP contribution in [0, 0.1) is 0 Å². The molecule has 0 N–H and O–H groups in total. The molecule has 0 fully saturated rings. The number of halogens is 8. The Hall–Kier alpha value is -1.24. The first-order valence-corrected chi connectivity index (χ1v) is 11.1. The highest BCUT2D eigenvalue weighted by Gasteiger charge is 2.81. The minimum Gasteiger partial charge on any atom is -0.390 e. The molecule has 0 radical (unpaired) electrons. The van der Waals surface area contributed by atoms with Crippen LogP contribution >= 0.6 is 0 Å². The van der Waals surface area contributed by atoms with E-state index >= 15 is 0 Å². The van der Waals surface area contributed by atoms with E-state index in [1.54, 1.807) is 6.07 Å². The molecular weight excluding hydrogens is 444 g/mol. The van der Waals surface area contributed by atoms with Crippen molar-refractivity contribution in [2.75, 3.05) is 13.2 Å². The summed E-state index contributed by atoms with van der Waals surface area (Å²) in [5, 5.41) is 0.229. The zero-order chi connectivity index (χ0) is 23.4. The molecular formula is C18H24F8O3Si. The molecule has 0 aromatic heterocycles. The average molecular weight is 468 g/mol. The van der Waals surface area contributed by atoms with E-state index in [0.29, 0.717) is 0 Å². The lowest BCUT2D eigenvalue weighted by Crippen LogP contribution is -2.68. The molecule has 0 aliphatic heterocycles. The fraction of sp³-hybridized carbons (Fsp3) is 0.667. The van der Waals surface area contributed by atoms with Crippen LogP contribution in [-0.2, 0) is 13.6 Å². The van der Waals surface area contributed by atoms with Crippen molar-refractivity contribution in [2.45, 2.75) is 63.7 Å². The van der Waals surface area contributed by atoms with E-state index < -0.39 is 51.5 Å². The van der Waals surface area contributed by atoms with Gasteiger partial charge in [0.25, 0.3) is 0 Å². The number of hydrogen-bond donors (Lipinski definition) is 0. The molecule has 3 nitrogen and oxygen atoms in total. The Morgan fingerprint density at radius 1 is 0.800 bits per heavy atom. The fourth-order valence-electron chi connectivity index (χ4n) is 2.82. The molecule has 1 aromatic carbocycles. The van der Waals surface area contributed by atoms with Crippen LogP contribution in [0.1, 0.15) is 34.1 Å². The molecule has 0 saturated carbocycles. The van der Waals surface area contributed by atoms with Gasteiger partial charge in [0.15, 0.2) is 0 Å². The third-order valence-corrected chi connectivity index (χ3v) is 8.24. The maximum atomic E-state index is 14.3. The Morgan fingerprint density at radius 2 is 1.27 bits per heavy atom. The Labute approximate surface area is 170 Å². The smallest absolute Gasteiger partial charge is 0.390 e. The Balaban J connectivity index is 3.49. The quantitative estimate of drug-likeness (QED) is 0.309. The standard InChI is InChI=1S/C18H24F8O3Si/c1-5-14(29-18(25,26)17(23,24)16(21,22)15(4,19)20)30(27-6-2,28-7-3)13-11-9-8-10-12-13/h8-12,14H,5-7H2,1-4H3. The second-order valence-electron chi connectivity index (χ2n) is 6.47. The van der Waals surface area contributed by atoms with E-state index in [2.05, 4.69) is 4.74 Å². The summed E-state index contributed by atoms with van der Waals surface area (Å²) in [6, 6.07) is 7.50. The van der Waals surface area contributed by atoms with Crippen molar-refractivity contribution in [3.05, 3.63) is 30.3 Å². The van der Waals surface area contributed by atoms with E-state index in [1.165, 1.54) is 45.0 Å². The topological polar surface area (TPSA) is 27.7 Å². The number of benzene rings is 1.